The number of ether oxygens (including phenoxy) is 2. The van der Waals surface area contributed by atoms with E-state index in [4.69, 9.17) is 9.47 Å². The number of carbonyl (C=O) groups is 1. The molecule has 150 valence electrons. The number of aromatic nitrogens is 2. The molecule has 0 bridgehead atoms. The Labute approximate surface area is 170 Å². The molecule has 0 aliphatic heterocycles. The van der Waals surface area contributed by atoms with Gasteiger partial charge in [-0.2, -0.15) is 0 Å². The highest BCUT2D eigenvalue weighted by molar-refractivity contribution is 6.03. The van der Waals surface area contributed by atoms with Gasteiger partial charge >= 0.3 is 0 Å². The van der Waals surface area contributed by atoms with Gasteiger partial charge in [-0.3, -0.25) is 4.79 Å². The maximum Gasteiger partial charge on any atom is 0.274 e. The van der Waals surface area contributed by atoms with E-state index in [0.29, 0.717) is 28.8 Å². The van der Waals surface area contributed by atoms with E-state index in [1.165, 1.54) is 0 Å². The zero-order valence-electron chi connectivity index (χ0n) is 17.2. The first-order chi connectivity index (χ1) is 13.9. The molecule has 0 atom stereocenters. The van der Waals surface area contributed by atoms with Crippen LogP contribution in [0.3, 0.4) is 0 Å². The summed E-state index contributed by atoms with van der Waals surface area (Å²) in [5.41, 5.74) is 4.56. The zero-order chi connectivity index (χ0) is 21.0. The number of hydrogen-bond acceptors (Lipinski definition) is 6. The maximum atomic E-state index is 12.7. The smallest absolute Gasteiger partial charge is 0.274 e. The van der Waals surface area contributed by atoms with Crippen LogP contribution in [0.2, 0.25) is 0 Å². The number of rotatable bonds is 6. The minimum absolute atomic E-state index is 0.278. The second-order valence-corrected chi connectivity index (χ2v) is 6.69. The largest absolute Gasteiger partial charge is 0.493 e. The third kappa shape index (κ3) is 4.82. The van der Waals surface area contributed by atoms with E-state index in [-0.39, 0.29) is 11.6 Å². The molecule has 3 rings (SSSR count). The second-order valence-electron chi connectivity index (χ2n) is 6.69. The van der Waals surface area contributed by atoms with E-state index in [2.05, 4.69) is 20.6 Å². The molecular formula is C22H24N4O3. The molecule has 0 saturated heterocycles. The average Bonchev–Trinajstić information content (AvgIpc) is 2.69. The van der Waals surface area contributed by atoms with Crippen molar-refractivity contribution < 1.29 is 14.3 Å². The van der Waals surface area contributed by atoms with Crippen molar-refractivity contribution in [3.63, 3.8) is 0 Å². The van der Waals surface area contributed by atoms with Gasteiger partial charge in [0.05, 0.1) is 14.2 Å². The Morgan fingerprint density at radius 2 is 1.66 bits per heavy atom. The lowest BCUT2D eigenvalue weighted by atomic mass is 10.1. The van der Waals surface area contributed by atoms with Crippen molar-refractivity contribution in [2.75, 3.05) is 24.9 Å². The third-order valence-electron chi connectivity index (χ3n) is 4.36. The van der Waals surface area contributed by atoms with Gasteiger partial charge in [-0.1, -0.05) is 17.7 Å². The number of nitrogens with one attached hydrogen (secondary N) is 2. The van der Waals surface area contributed by atoms with Crippen LogP contribution in [0.15, 0.2) is 42.5 Å². The van der Waals surface area contributed by atoms with Crippen LogP contribution in [0, 0.1) is 20.8 Å². The molecule has 1 heterocycles. The first kappa shape index (κ1) is 20.1. The fraction of sp³-hybridized carbons (Fsp3) is 0.227. The van der Waals surface area contributed by atoms with Crippen molar-refractivity contribution in [1.29, 1.82) is 0 Å². The van der Waals surface area contributed by atoms with Crippen molar-refractivity contribution in [2.45, 2.75) is 20.8 Å². The molecule has 1 amide bonds. The Morgan fingerprint density at radius 3 is 2.34 bits per heavy atom. The van der Waals surface area contributed by atoms with E-state index >= 15 is 0 Å². The number of methoxy groups -OCH3 is 2. The van der Waals surface area contributed by atoms with Crippen LogP contribution in [-0.4, -0.2) is 30.1 Å². The summed E-state index contributed by atoms with van der Waals surface area (Å²) in [4.78, 5) is 21.5. The summed E-state index contributed by atoms with van der Waals surface area (Å²) in [5.74, 6) is 1.23. The number of aryl methyl sites for hydroxylation is 3. The molecule has 2 N–H and O–H groups in total. The predicted molar refractivity (Wildman–Crippen MR) is 113 cm³/mol. The molecule has 3 aromatic rings. The monoisotopic (exact) mass is 392 g/mol. The van der Waals surface area contributed by atoms with E-state index in [1.54, 1.807) is 32.4 Å². The van der Waals surface area contributed by atoms with Crippen LogP contribution in [0.5, 0.6) is 11.5 Å². The van der Waals surface area contributed by atoms with Gasteiger partial charge in [0.2, 0.25) is 5.95 Å². The number of benzene rings is 2. The highest BCUT2D eigenvalue weighted by Crippen LogP contribution is 2.30. The normalized spacial score (nSPS) is 10.4. The Balaban J connectivity index is 1.83. The van der Waals surface area contributed by atoms with Crippen LogP contribution in [0.4, 0.5) is 17.3 Å². The van der Waals surface area contributed by atoms with Gasteiger partial charge in [-0.05, 0) is 50.6 Å². The first-order valence-corrected chi connectivity index (χ1v) is 9.13. The lowest BCUT2D eigenvalue weighted by molar-refractivity contribution is 0.102. The third-order valence-corrected chi connectivity index (χ3v) is 4.36. The molecule has 7 nitrogen and oxygen atoms in total. The number of hydrogen-bond donors (Lipinski definition) is 2. The molecule has 0 unspecified atom stereocenters. The molecule has 1 aromatic heterocycles. The summed E-state index contributed by atoms with van der Waals surface area (Å²) in [6, 6.07) is 12.9. The summed E-state index contributed by atoms with van der Waals surface area (Å²) in [7, 11) is 3.15. The summed E-state index contributed by atoms with van der Waals surface area (Å²) in [6.07, 6.45) is 0. The number of nitrogens with zero attached hydrogens (tertiary/aromatic N) is 2. The summed E-state index contributed by atoms with van der Waals surface area (Å²) >= 11 is 0. The highest BCUT2D eigenvalue weighted by atomic mass is 16.5. The standard InChI is InChI=1S/C22H24N4O3/c1-13-6-8-17(14(2)10-13)25-21(27)18-11-15(3)23-22(26-18)24-16-7-9-19(28-4)20(12-16)29-5/h6-12H,1-5H3,(H,25,27)(H,23,24,26). The van der Waals surface area contributed by atoms with E-state index < -0.39 is 0 Å². The number of amides is 1. The average molecular weight is 392 g/mol. The SMILES string of the molecule is COc1ccc(Nc2nc(C)cc(C(=O)Nc3ccc(C)cc3C)n2)cc1OC. The highest BCUT2D eigenvalue weighted by Gasteiger charge is 2.13. The summed E-state index contributed by atoms with van der Waals surface area (Å²) in [5, 5.41) is 6.02. The second kappa shape index (κ2) is 8.60. The molecule has 29 heavy (non-hydrogen) atoms. The van der Waals surface area contributed by atoms with Gasteiger partial charge in [0, 0.05) is 23.1 Å². The van der Waals surface area contributed by atoms with Gasteiger partial charge in [0.25, 0.3) is 5.91 Å². The fourth-order valence-corrected chi connectivity index (χ4v) is 2.92. The van der Waals surface area contributed by atoms with Gasteiger partial charge < -0.3 is 20.1 Å². The first-order valence-electron chi connectivity index (χ1n) is 9.13. The molecule has 0 radical (unpaired) electrons. The summed E-state index contributed by atoms with van der Waals surface area (Å²) in [6.45, 7) is 5.78. The van der Waals surface area contributed by atoms with Crippen LogP contribution in [0.25, 0.3) is 0 Å². The maximum absolute atomic E-state index is 12.7. The summed E-state index contributed by atoms with van der Waals surface area (Å²) < 4.78 is 10.6. The Kier molecular flexibility index (Phi) is 5.97. The van der Waals surface area contributed by atoms with Crippen LogP contribution in [0.1, 0.15) is 27.3 Å². The van der Waals surface area contributed by atoms with Crippen molar-refractivity contribution in [3.8, 4) is 11.5 Å². The molecule has 0 saturated carbocycles. The Morgan fingerprint density at radius 1 is 0.897 bits per heavy atom. The molecule has 0 aliphatic rings. The van der Waals surface area contributed by atoms with Crippen LogP contribution < -0.4 is 20.1 Å². The predicted octanol–water partition coefficient (Wildman–Crippen LogP) is 4.41. The quantitative estimate of drug-likeness (QED) is 0.646. The molecule has 0 fully saturated rings. The lowest BCUT2D eigenvalue weighted by Gasteiger charge is -2.12. The minimum Gasteiger partial charge on any atom is -0.493 e. The van der Waals surface area contributed by atoms with Crippen molar-refractivity contribution in [1.82, 2.24) is 9.97 Å². The van der Waals surface area contributed by atoms with Gasteiger partial charge in [0.1, 0.15) is 5.69 Å². The van der Waals surface area contributed by atoms with Gasteiger partial charge in [-0.25, -0.2) is 9.97 Å². The lowest BCUT2D eigenvalue weighted by Crippen LogP contribution is -2.16. The zero-order valence-corrected chi connectivity index (χ0v) is 17.2. The molecule has 7 heteroatoms. The molecule has 0 aliphatic carbocycles. The Hall–Kier alpha value is -3.61. The minimum atomic E-state index is -0.294. The fourth-order valence-electron chi connectivity index (χ4n) is 2.92. The van der Waals surface area contributed by atoms with Crippen molar-refractivity contribution in [3.05, 3.63) is 65.0 Å². The number of anilines is 3. The number of carbonyl (C=O) groups excluding carboxylic acids is 1. The molecule has 0 spiro atoms. The van der Waals surface area contributed by atoms with Crippen molar-refractivity contribution >= 4 is 23.2 Å². The Bertz CT molecular complexity index is 1050. The van der Waals surface area contributed by atoms with E-state index in [0.717, 1.165) is 16.8 Å². The van der Waals surface area contributed by atoms with Crippen LogP contribution in [-0.2, 0) is 0 Å². The van der Waals surface area contributed by atoms with Crippen LogP contribution >= 0.6 is 0 Å². The van der Waals surface area contributed by atoms with E-state index in [1.807, 2.05) is 45.0 Å². The van der Waals surface area contributed by atoms with Crippen molar-refractivity contribution in [2.24, 2.45) is 0 Å². The topological polar surface area (TPSA) is 85.4 Å². The van der Waals surface area contributed by atoms with E-state index in [9.17, 15) is 4.79 Å². The molecule has 2 aromatic carbocycles. The van der Waals surface area contributed by atoms with Gasteiger partial charge in [-0.15, -0.1) is 0 Å². The van der Waals surface area contributed by atoms with Gasteiger partial charge in [0.15, 0.2) is 11.5 Å². The molecular weight excluding hydrogens is 368 g/mol.